The molecule has 1 atom stereocenters. The summed E-state index contributed by atoms with van der Waals surface area (Å²) in [5.41, 5.74) is 6.61. The van der Waals surface area contributed by atoms with Crippen LogP contribution in [0.15, 0.2) is 24.3 Å². The molecule has 3 N–H and O–H groups in total. The van der Waals surface area contributed by atoms with Crippen LogP contribution in [0, 0.1) is 0 Å². The fourth-order valence-corrected chi connectivity index (χ4v) is 2.04. The van der Waals surface area contributed by atoms with Crippen LogP contribution in [0.5, 0.6) is 5.75 Å². The second-order valence-electron chi connectivity index (χ2n) is 3.60. The fourth-order valence-electron chi connectivity index (χ4n) is 1.45. The van der Waals surface area contributed by atoms with Gasteiger partial charge in [-0.3, -0.25) is 0 Å². The summed E-state index contributed by atoms with van der Waals surface area (Å²) in [6.07, 6.45) is 0. The van der Waals surface area contributed by atoms with E-state index in [2.05, 4.69) is 21.6 Å². The van der Waals surface area contributed by atoms with E-state index < -0.39 is 0 Å². The van der Waals surface area contributed by atoms with E-state index in [1.54, 1.807) is 7.11 Å². The Labute approximate surface area is 104 Å². The van der Waals surface area contributed by atoms with Crippen LogP contribution in [-0.2, 0) is 0 Å². The summed E-state index contributed by atoms with van der Waals surface area (Å²) in [5.74, 6) is 1.15. The Balaban J connectivity index is 2.06. The molecular weight excluding hydrogens is 236 g/mol. The number of nitrogens with zero attached hydrogens (tertiary/aromatic N) is 2. The third-order valence-corrected chi connectivity index (χ3v) is 3.06. The number of nitrogen functional groups attached to an aromatic ring is 1. The molecular formula is C11H14N4OS. The highest BCUT2D eigenvalue weighted by atomic mass is 32.1. The number of hydrogen-bond donors (Lipinski definition) is 2. The monoisotopic (exact) mass is 250 g/mol. The number of benzene rings is 1. The first kappa shape index (κ1) is 11.7. The van der Waals surface area contributed by atoms with Crippen molar-refractivity contribution >= 4 is 22.6 Å². The minimum Gasteiger partial charge on any atom is -0.497 e. The van der Waals surface area contributed by atoms with Gasteiger partial charge in [-0.1, -0.05) is 12.1 Å². The van der Waals surface area contributed by atoms with Crippen molar-refractivity contribution in [2.24, 2.45) is 0 Å². The number of ether oxygens (including phenoxy) is 1. The summed E-state index contributed by atoms with van der Waals surface area (Å²) in [5, 5.41) is 3.97. The highest BCUT2D eigenvalue weighted by Gasteiger charge is 2.08. The van der Waals surface area contributed by atoms with Crippen molar-refractivity contribution in [3.05, 3.63) is 29.8 Å². The van der Waals surface area contributed by atoms with Gasteiger partial charge in [-0.2, -0.15) is 9.36 Å². The van der Waals surface area contributed by atoms with Crippen molar-refractivity contribution in [3.8, 4) is 5.75 Å². The van der Waals surface area contributed by atoms with Crippen molar-refractivity contribution in [2.75, 3.05) is 18.2 Å². The minimum absolute atomic E-state index is 0.147. The zero-order valence-corrected chi connectivity index (χ0v) is 10.5. The zero-order chi connectivity index (χ0) is 12.3. The first-order valence-corrected chi connectivity index (χ1v) is 5.96. The second kappa shape index (κ2) is 5.01. The molecule has 0 aliphatic heterocycles. The van der Waals surface area contributed by atoms with E-state index in [1.807, 2.05) is 24.3 Å². The smallest absolute Gasteiger partial charge is 0.233 e. The molecule has 0 aliphatic carbocycles. The maximum absolute atomic E-state index is 5.46. The van der Waals surface area contributed by atoms with E-state index in [0.717, 1.165) is 16.4 Å². The van der Waals surface area contributed by atoms with Crippen molar-refractivity contribution in [1.29, 1.82) is 0 Å². The molecule has 0 aliphatic rings. The molecule has 1 unspecified atom stereocenters. The average Bonchev–Trinajstić information content (AvgIpc) is 2.75. The standard InChI is InChI=1S/C11H14N4OS/c1-7(13-11-14-10(12)15-17-11)8-3-5-9(16-2)6-4-8/h3-7H,1-2H3,(H3,12,13,14,15). The van der Waals surface area contributed by atoms with Crippen LogP contribution in [0.4, 0.5) is 11.1 Å². The molecule has 6 heteroatoms. The van der Waals surface area contributed by atoms with Crippen LogP contribution >= 0.6 is 11.5 Å². The molecule has 1 heterocycles. The molecule has 0 bridgehead atoms. The summed E-state index contributed by atoms with van der Waals surface area (Å²) < 4.78 is 9.03. The molecule has 0 fully saturated rings. The Bertz CT molecular complexity index is 482. The predicted octanol–water partition coefficient (Wildman–Crippen LogP) is 2.30. The average molecular weight is 250 g/mol. The Morgan fingerprint density at radius 2 is 2.06 bits per heavy atom. The normalized spacial score (nSPS) is 12.1. The van der Waals surface area contributed by atoms with Gasteiger partial charge in [0.1, 0.15) is 5.75 Å². The Morgan fingerprint density at radius 1 is 1.35 bits per heavy atom. The lowest BCUT2D eigenvalue weighted by atomic mass is 10.1. The van der Waals surface area contributed by atoms with Crippen LogP contribution in [0.25, 0.3) is 0 Å². The first-order chi connectivity index (χ1) is 8.19. The molecule has 0 saturated carbocycles. The summed E-state index contributed by atoms with van der Waals surface area (Å²) >= 11 is 1.26. The van der Waals surface area contributed by atoms with E-state index in [4.69, 9.17) is 10.5 Å². The van der Waals surface area contributed by atoms with Crippen LogP contribution in [0.3, 0.4) is 0 Å². The fraction of sp³-hybridized carbons (Fsp3) is 0.273. The molecule has 90 valence electrons. The first-order valence-electron chi connectivity index (χ1n) is 5.18. The lowest BCUT2D eigenvalue weighted by molar-refractivity contribution is 0.414. The largest absolute Gasteiger partial charge is 0.497 e. The number of aromatic nitrogens is 2. The van der Waals surface area contributed by atoms with E-state index in [0.29, 0.717) is 5.95 Å². The van der Waals surface area contributed by atoms with Gasteiger partial charge in [-0.15, -0.1) is 0 Å². The van der Waals surface area contributed by atoms with Crippen molar-refractivity contribution in [2.45, 2.75) is 13.0 Å². The topological polar surface area (TPSA) is 73.1 Å². The highest BCUT2D eigenvalue weighted by molar-refractivity contribution is 7.09. The molecule has 0 saturated heterocycles. The van der Waals surface area contributed by atoms with Crippen molar-refractivity contribution in [3.63, 3.8) is 0 Å². The number of rotatable bonds is 4. The van der Waals surface area contributed by atoms with Crippen molar-refractivity contribution in [1.82, 2.24) is 9.36 Å². The SMILES string of the molecule is COc1ccc(C(C)Nc2nc(N)ns2)cc1. The van der Waals surface area contributed by atoms with Crippen LogP contribution in [0.2, 0.25) is 0 Å². The lowest BCUT2D eigenvalue weighted by Gasteiger charge is -2.13. The second-order valence-corrected chi connectivity index (χ2v) is 4.35. The van der Waals surface area contributed by atoms with Crippen LogP contribution in [-0.4, -0.2) is 16.5 Å². The van der Waals surface area contributed by atoms with Crippen LogP contribution < -0.4 is 15.8 Å². The Morgan fingerprint density at radius 3 is 2.59 bits per heavy atom. The summed E-state index contributed by atoms with van der Waals surface area (Å²) in [4.78, 5) is 4.06. The molecule has 1 aromatic heterocycles. The summed E-state index contributed by atoms with van der Waals surface area (Å²) in [6, 6.07) is 8.04. The summed E-state index contributed by atoms with van der Waals surface area (Å²) in [6.45, 7) is 2.05. The number of anilines is 2. The van der Waals surface area contributed by atoms with E-state index in [1.165, 1.54) is 11.5 Å². The zero-order valence-electron chi connectivity index (χ0n) is 9.68. The van der Waals surface area contributed by atoms with Gasteiger partial charge in [0.15, 0.2) is 0 Å². The van der Waals surface area contributed by atoms with Gasteiger partial charge in [0, 0.05) is 11.5 Å². The highest BCUT2D eigenvalue weighted by Crippen LogP contribution is 2.22. The number of hydrogen-bond acceptors (Lipinski definition) is 6. The number of nitrogens with two attached hydrogens (primary N) is 1. The molecule has 5 nitrogen and oxygen atoms in total. The van der Waals surface area contributed by atoms with Gasteiger partial charge in [0.25, 0.3) is 0 Å². The van der Waals surface area contributed by atoms with Gasteiger partial charge in [-0.05, 0) is 24.6 Å². The van der Waals surface area contributed by atoms with Gasteiger partial charge >= 0.3 is 0 Å². The predicted molar refractivity (Wildman–Crippen MR) is 69.4 cm³/mol. The Hall–Kier alpha value is -1.82. The van der Waals surface area contributed by atoms with Crippen molar-refractivity contribution < 1.29 is 4.74 Å². The van der Waals surface area contributed by atoms with E-state index in [-0.39, 0.29) is 6.04 Å². The summed E-state index contributed by atoms with van der Waals surface area (Å²) in [7, 11) is 1.65. The third-order valence-electron chi connectivity index (χ3n) is 2.40. The maximum Gasteiger partial charge on any atom is 0.233 e. The molecule has 0 radical (unpaired) electrons. The number of nitrogens with one attached hydrogen (secondary N) is 1. The van der Waals surface area contributed by atoms with Gasteiger partial charge in [0.05, 0.1) is 13.2 Å². The molecule has 0 spiro atoms. The van der Waals surface area contributed by atoms with E-state index >= 15 is 0 Å². The van der Waals surface area contributed by atoms with Gasteiger partial charge in [0.2, 0.25) is 11.1 Å². The van der Waals surface area contributed by atoms with E-state index in [9.17, 15) is 0 Å². The molecule has 17 heavy (non-hydrogen) atoms. The Kier molecular flexibility index (Phi) is 3.43. The van der Waals surface area contributed by atoms with Crippen LogP contribution in [0.1, 0.15) is 18.5 Å². The van der Waals surface area contributed by atoms with Gasteiger partial charge < -0.3 is 15.8 Å². The minimum atomic E-state index is 0.147. The number of methoxy groups -OCH3 is 1. The lowest BCUT2D eigenvalue weighted by Crippen LogP contribution is -2.06. The maximum atomic E-state index is 5.46. The molecule has 1 aromatic carbocycles. The quantitative estimate of drug-likeness (QED) is 0.871. The molecule has 2 aromatic rings. The third kappa shape index (κ3) is 2.85. The molecule has 0 amide bonds. The van der Waals surface area contributed by atoms with Gasteiger partial charge in [-0.25, -0.2) is 0 Å². The molecule has 2 rings (SSSR count).